The Balaban J connectivity index is 3.03. The number of hydrogen-bond acceptors (Lipinski definition) is 1. The van der Waals surface area contributed by atoms with Crippen LogP contribution >= 0.6 is 0 Å². The minimum Gasteiger partial charge on any atom is -0.480 e. The number of carboxylic acid groups (broad SMARTS) is 1. The van der Waals surface area contributed by atoms with E-state index in [0.717, 1.165) is 11.1 Å². The first kappa shape index (κ1) is 10.3. The van der Waals surface area contributed by atoms with Gasteiger partial charge in [0.15, 0.2) is 0 Å². The van der Waals surface area contributed by atoms with Crippen molar-refractivity contribution in [2.45, 2.75) is 19.8 Å². The molecular formula is C12H12O2. The topological polar surface area (TPSA) is 37.3 Å². The summed E-state index contributed by atoms with van der Waals surface area (Å²) < 4.78 is 0. The van der Waals surface area contributed by atoms with E-state index in [1.54, 1.807) is 19.1 Å². The largest absolute Gasteiger partial charge is 0.480 e. The molecule has 0 radical (unpaired) electrons. The van der Waals surface area contributed by atoms with Crippen molar-refractivity contribution in [1.29, 1.82) is 0 Å². The van der Waals surface area contributed by atoms with Crippen LogP contribution in [0.2, 0.25) is 0 Å². The van der Waals surface area contributed by atoms with Crippen molar-refractivity contribution in [2.75, 3.05) is 0 Å². The predicted molar refractivity (Wildman–Crippen MR) is 55.0 cm³/mol. The van der Waals surface area contributed by atoms with E-state index in [4.69, 9.17) is 5.11 Å². The highest BCUT2D eigenvalue weighted by molar-refractivity contribution is 5.80. The molecule has 0 bridgehead atoms. The molecule has 14 heavy (non-hydrogen) atoms. The zero-order valence-electron chi connectivity index (χ0n) is 8.24. The molecule has 1 aromatic carbocycles. The number of carbonyl (C=O) groups is 1. The van der Waals surface area contributed by atoms with E-state index in [1.165, 1.54) is 0 Å². The third-order valence-corrected chi connectivity index (χ3v) is 1.95. The van der Waals surface area contributed by atoms with E-state index >= 15 is 0 Å². The van der Waals surface area contributed by atoms with Crippen molar-refractivity contribution in [1.82, 2.24) is 0 Å². The summed E-state index contributed by atoms with van der Waals surface area (Å²) in [6.45, 7) is 3.61. The number of aryl methyl sites for hydroxylation is 1. The van der Waals surface area contributed by atoms with Crippen molar-refractivity contribution in [3.05, 3.63) is 35.4 Å². The van der Waals surface area contributed by atoms with Crippen LogP contribution in [-0.4, -0.2) is 11.1 Å². The van der Waals surface area contributed by atoms with Crippen LogP contribution in [0, 0.1) is 18.8 Å². The molecule has 0 aliphatic carbocycles. The highest BCUT2D eigenvalue weighted by Gasteiger charge is 2.16. The Kier molecular flexibility index (Phi) is 3.30. The van der Waals surface area contributed by atoms with Crippen molar-refractivity contribution in [3.63, 3.8) is 0 Å². The van der Waals surface area contributed by atoms with E-state index in [1.807, 2.05) is 19.1 Å². The van der Waals surface area contributed by atoms with Gasteiger partial charge in [-0.1, -0.05) is 35.7 Å². The van der Waals surface area contributed by atoms with Crippen molar-refractivity contribution < 1.29 is 9.90 Å². The summed E-state index contributed by atoms with van der Waals surface area (Å²) in [7, 11) is 0. The molecule has 0 saturated carbocycles. The molecule has 0 aromatic heterocycles. The Hall–Kier alpha value is -1.75. The molecule has 72 valence electrons. The Morgan fingerprint density at radius 1 is 1.36 bits per heavy atom. The van der Waals surface area contributed by atoms with Gasteiger partial charge in [0.1, 0.15) is 5.92 Å². The molecule has 1 aromatic rings. The smallest absolute Gasteiger partial charge is 0.323 e. The quantitative estimate of drug-likeness (QED) is 0.722. The van der Waals surface area contributed by atoms with Crippen LogP contribution in [0.25, 0.3) is 0 Å². The summed E-state index contributed by atoms with van der Waals surface area (Å²) in [5.41, 5.74) is 1.85. The number of carboxylic acids is 1. The van der Waals surface area contributed by atoms with Gasteiger partial charge in [-0.2, -0.15) is 0 Å². The number of rotatable bonds is 2. The Morgan fingerprint density at radius 2 is 1.93 bits per heavy atom. The van der Waals surface area contributed by atoms with Crippen molar-refractivity contribution >= 4 is 5.97 Å². The summed E-state index contributed by atoms with van der Waals surface area (Å²) in [5.74, 6) is 3.69. The van der Waals surface area contributed by atoms with Crippen LogP contribution in [0.4, 0.5) is 0 Å². The first-order valence-electron chi connectivity index (χ1n) is 4.37. The molecule has 1 rings (SSSR count). The maximum atomic E-state index is 10.9. The SMILES string of the molecule is CC#CC(C(=O)O)c1ccc(C)cc1. The summed E-state index contributed by atoms with van der Waals surface area (Å²) in [4.78, 5) is 10.9. The fraction of sp³-hybridized carbons (Fsp3) is 0.250. The van der Waals surface area contributed by atoms with E-state index in [2.05, 4.69) is 11.8 Å². The second kappa shape index (κ2) is 4.48. The molecule has 1 atom stereocenters. The molecule has 1 N–H and O–H groups in total. The number of benzene rings is 1. The molecule has 1 unspecified atom stereocenters. The van der Waals surface area contributed by atoms with Crippen LogP contribution in [-0.2, 0) is 4.79 Å². The van der Waals surface area contributed by atoms with Gasteiger partial charge < -0.3 is 5.11 Å². The second-order valence-electron chi connectivity index (χ2n) is 3.08. The zero-order chi connectivity index (χ0) is 10.6. The molecule has 0 spiro atoms. The monoisotopic (exact) mass is 188 g/mol. The fourth-order valence-electron chi connectivity index (χ4n) is 1.19. The molecule has 0 heterocycles. The average molecular weight is 188 g/mol. The van der Waals surface area contributed by atoms with Crippen LogP contribution in [0.15, 0.2) is 24.3 Å². The first-order valence-corrected chi connectivity index (χ1v) is 4.37. The van der Waals surface area contributed by atoms with Gasteiger partial charge in [0, 0.05) is 0 Å². The lowest BCUT2D eigenvalue weighted by atomic mass is 9.99. The van der Waals surface area contributed by atoms with E-state index in [-0.39, 0.29) is 0 Å². The van der Waals surface area contributed by atoms with Crippen LogP contribution in [0.3, 0.4) is 0 Å². The average Bonchev–Trinajstić information content (AvgIpc) is 2.15. The molecule has 0 fully saturated rings. The summed E-state index contributed by atoms with van der Waals surface area (Å²) in [6, 6.07) is 7.39. The van der Waals surface area contributed by atoms with Gasteiger partial charge >= 0.3 is 5.97 Å². The summed E-state index contributed by atoms with van der Waals surface area (Å²) in [6.07, 6.45) is 0. The maximum absolute atomic E-state index is 10.9. The Morgan fingerprint density at radius 3 is 2.36 bits per heavy atom. The molecule has 0 amide bonds. The van der Waals surface area contributed by atoms with E-state index in [9.17, 15) is 4.79 Å². The van der Waals surface area contributed by atoms with E-state index in [0.29, 0.717) is 0 Å². The normalized spacial score (nSPS) is 11.3. The molecule has 2 heteroatoms. The lowest BCUT2D eigenvalue weighted by Gasteiger charge is -2.05. The minimum absolute atomic E-state index is 0.708. The summed E-state index contributed by atoms with van der Waals surface area (Å²) >= 11 is 0. The van der Waals surface area contributed by atoms with Gasteiger partial charge in [-0.15, -0.1) is 5.92 Å². The van der Waals surface area contributed by atoms with Gasteiger partial charge in [-0.3, -0.25) is 4.79 Å². The van der Waals surface area contributed by atoms with Crippen LogP contribution in [0.5, 0.6) is 0 Å². The fourth-order valence-corrected chi connectivity index (χ4v) is 1.19. The van der Waals surface area contributed by atoms with Gasteiger partial charge in [0.25, 0.3) is 0 Å². The highest BCUT2D eigenvalue weighted by Crippen LogP contribution is 2.15. The molecule has 0 saturated heterocycles. The van der Waals surface area contributed by atoms with Crippen molar-refractivity contribution in [3.8, 4) is 11.8 Å². The lowest BCUT2D eigenvalue weighted by molar-refractivity contribution is -0.137. The van der Waals surface area contributed by atoms with Gasteiger partial charge in [-0.25, -0.2) is 0 Å². The van der Waals surface area contributed by atoms with Gasteiger partial charge in [-0.05, 0) is 19.4 Å². The predicted octanol–water partition coefficient (Wildman–Crippen LogP) is 2.19. The second-order valence-corrected chi connectivity index (χ2v) is 3.08. The lowest BCUT2D eigenvalue weighted by Crippen LogP contribution is -2.09. The Bertz CT molecular complexity index is 379. The number of aliphatic carboxylic acids is 1. The zero-order valence-corrected chi connectivity index (χ0v) is 8.24. The van der Waals surface area contributed by atoms with Crippen molar-refractivity contribution in [2.24, 2.45) is 0 Å². The minimum atomic E-state index is -0.900. The molecule has 0 aliphatic rings. The Labute approximate surface area is 83.6 Å². The van der Waals surface area contributed by atoms with E-state index < -0.39 is 11.9 Å². The van der Waals surface area contributed by atoms with Crippen LogP contribution in [0.1, 0.15) is 24.0 Å². The van der Waals surface area contributed by atoms with Crippen LogP contribution < -0.4 is 0 Å². The molecular weight excluding hydrogens is 176 g/mol. The number of hydrogen-bond donors (Lipinski definition) is 1. The highest BCUT2D eigenvalue weighted by atomic mass is 16.4. The third-order valence-electron chi connectivity index (χ3n) is 1.95. The third kappa shape index (κ3) is 2.37. The first-order chi connectivity index (χ1) is 6.65. The standard InChI is InChI=1S/C12H12O2/c1-3-4-11(12(13)14)10-7-5-9(2)6-8-10/h5-8,11H,1-2H3,(H,13,14). The van der Waals surface area contributed by atoms with Gasteiger partial charge in [0.2, 0.25) is 0 Å². The molecule has 0 aliphatic heterocycles. The maximum Gasteiger partial charge on any atom is 0.323 e. The summed E-state index contributed by atoms with van der Waals surface area (Å²) in [5, 5.41) is 8.92. The van der Waals surface area contributed by atoms with Gasteiger partial charge in [0.05, 0.1) is 0 Å². The molecule has 2 nitrogen and oxygen atoms in total.